The van der Waals surface area contributed by atoms with Gasteiger partial charge in [-0.2, -0.15) is 0 Å². The van der Waals surface area contributed by atoms with Crippen molar-refractivity contribution in [3.63, 3.8) is 0 Å². The second-order valence-corrected chi connectivity index (χ2v) is 2.83. The van der Waals surface area contributed by atoms with Crippen LogP contribution in [0.15, 0.2) is 12.1 Å². The number of benzene rings is 1. The molecule has 0 unspecified atom stereocenters. The van der Waals surface area contributed by atoms with Crippen molar-refractivity contribution in [2.45, 2.75) is 6.54 Å². The first-order valence-corrected chi connectivity index (χ1v) is 4.28. The van der Waals surface area contributed by atoms with Gasteiger partial charge < -0.3 is 14.8 Å². The first kappa shape index (κ1) is 10.8. The lowest BCUT2D eigenvalue weighted by Crippen LogP contribution is -2.07. The average Bonchev–Trinajstić information content (AvgIpc) is 2.19. The van der Waals surface area contributed by atoms with E-state index in [2.05, 4.69) is 5.32 Å². The first-order valence-electron chi connectivity index (χ1n) is 4.28. The molecule has 0 saturated heterocycles. The van der Waals surface area contributed by atoms with Crippen LogP contribution < -0.4 is 14.8 Å². The molecule has 0 saturated carbocycles. The zero-order chi connectivity index (χ0) is 10.6. The number of ether oxygens (including phenoxy) is 2. The number of hydrogen-bond donors (Lipinski definition) is 1. The Morgan fingerprint density at radius 1 is 1.21 bits per heavy atom. The Kier molecular flexibility index (Phi) is 3.71. The van der Waals surface area contributed by atoms with Crippen molar-refractivity contribution in [3.05, 3.63) is 23.5 Å². The van der Waals surface area contributed by atoms with Gasteiger partial charge in [0.05, 0.1) is 14.2 Å². The lowest BCUT2D eigenvalue weighted by atomic mass is 10.2. The second-order valence-electron chi connectivity index (χ2n) is 2.83. The van der Waals surface area contributed by atoms with Crippen molar-refractivity contribution in [1.82, 2.24) is 5.32 Å². The minimum Gasteiger partial charge on any atom is -0.496 e. The van der Waals surface area contributed by atoms with Gasteiger partial charge in [-0.15, -0.1) is 0 Å². The summed E-state index contributed by atoms with van der Waals surface area (Å²) in [6.07, 6.45) is 0. The lowest BCUT2D eigenvalue weighted by molar-refractivity contribution is 0.371. The molecule has 3 nitrogen and oxygen atoms in total. The SMILES string of the molecule is CNCc1cc(F)c(OC)cc1OC. The van der Waals surface area contributed by atoms with E-state index in [4.69, 9.17) is 9.47 Å². The van der Waals surface area contributed by atoms with Gasteiger partial charge in [0.25, 0.3) is 0 Å². The molecule has 0 spiro atoms. The number of hydrogen-bond acceptors (Lipinski definition) is 3. The molecule has 0 heterocycles. The smallest absolute Gasteiger partial charge is 0.165 e. The number of nitrogens with one attached hydrogen (secondary N) is 1. The van der Waals surface area contributed by atoms with E-state index in [0.717, 1.165) is 5.56 Å². The van der Waals surface area contributed by atoms with E-state index in [0.29, 0.717) is 12.3 Å². The summed E-state index contributed by atoms with van der Waals surface area (Å²) in [6, 6.07) is 2.95. The van der Waals surface area contributed by atoms with Crippen LogP contribution in [0.4, 0.5) is 4.39 Å². The molecule has 4 heteroatoms. The van der Waals surface area contributed by atoms with Gasteiger partial charge in [-0.05, 0) is 13.1 Å². The molecule has 0 aliphatic heterocycles. The van der Waals surface area contributed by atoms with Gasteiger partial charge in [0.15, 0.2) is 11.6 Å². The molecule has 0 bridgehead atoms. The molecule has 1 rings (SSSR count). The van der Waals surface area contributed by atoms with E-state index < -0.39 is 0 Å². The zero-order valence-electron chi connectivity index (χ0n) is 8.56. The quantitative estimate of drug-likeness (QED) is 0.798. The average molecular weight is 199 g/mol. The third-order valence-electron chi connectivity index (χ3n) is 1.92. The third-order valence-corrected chi connectivity index (χ3v) is 1.92. The minimum absolute atomic E-state index is 0.196. The molecule has 0 radical (unpaired) electrons. The molecule has 0 atom stereocenters. The highest BCUT2D eigenvalue weighted by Crippen LogP contribution is 2.27. The molecule has 1 aromatic rings. The predicted octanol–water partition coefficient (Wildman–Crippen LogP) is 1.56. The predicted molar refractivity (Wildman–Crippen MR) is 52.3 cm³/mol. The lowest BCUT2D eigenvalue weighted by Gasteiger charge is -2.10. The molecule has 0 aliphatic carbocycles. The summed E-state index contributed by atoms with van der Waals surface area (Å²) in [5, 5.41) is 2.94. The Bertz CT molecular complexity index is 315. The van der Waals surface area contributed by atoms with Crippen LogP contribution in [0, 0.1) is 5.82 Å². The van der Waals surface area contributed by atoms with Gasteiger partial charge in [0.1, 0.15) is 5.75 Å². The molecule has 1 aromatic carbocycles. The summed E-state index contributed by atoms with van der Waals surface area (Å²) in [6.45, 7) is 0.560. The van der Waals surface area contributed by atoms with Crippen molar-refractivity contribution in [1.29, 1.82) is 0 Å². The van der Waals surface area contributed by atoms with Gasteiger partial charge in [-0.3, -0.25) is 0 Å². The Hall–Kier alpha value is -1.29. The van der Waals surface area contributed by atoms with Crippen LogP contribution in [0.1, 0.15) is 5.56 Å². The number of methoxy groups -OCH3 is 2. The van der Waals surface area contributed by atoms with Crippen LogP contribution in [0.5, 0.6) is 11.5 Å². The van der Waals surface area contributed by atoms with Crippen LogP contribution in [-0.2, 0) is 6.54 Å². The fourth-order valence-corrected chi connectivity index (χ4v) is 1.25. The number of halogens is 1. The third kappa shape index (κ3) is 2.14. The van der Waals surface area contributed by atoms with Crippen LogP contribution >= 0.6 is 0 Å². The molecule has 0 fully saturated rings. The normalized spacial score (nSPS) is 10.0. The highest BCUT2D eigenvalue weighted by molar-refractivity contribution is 5.41. The van der Waals surface area contributed by atoms with Crippen molar-refractivity contribution < 1.29 is 13.9 Å². The Morgan fingerprint density at radius 3 is 2.36 bits per heavy atom. The van der Waals surface area contributed by atoms with E-state index in [1.54, 1.807) is 20.2 Å². The monoisotopic (exact) mass is 199 g/mol. The maximum Gasteiger partial charge on any atom is 0.165 e. The molecule has 1 N–H and O–H groups in total. The Morgan fingerprint density at radius 2 is 1.86 bits per heavy atom. The summed E-state index contributed by atoms with van der Waals surface area (Å²) in [5.41, 5.74) is 0.772. The highest BCUT2D eigenvalue weighted by Gasteiger charge is 2.09. The largest absolute Gasteiger partial charge is 0.496 e. The summed E-state index contributed by atoms with van der Waals surface area (Å²) in [4.78, 5) is 0. The Balaban J connectivity index is 3.10. The van der Waals surface area contributed by atoms with Crippen LogP contribution in [0.25, 0.3) is 0 Å². The molecule has 78 valence electrons. The summed E-state index contributed by atoms with van der Waals surface area (Å²) in [7, 11) is 4.77. The van der Waals surface area contributed by atoms with Gasteiger partial charge in [0, 0.05) is 18.2 Å². The van der Waals surface area contributed by atoms with Gasteiger partial charge in [0.2, 0.25) is 0 Å². The maximum atomic E-state index is 13.3. The van der Waals surface area contributed by atoms with Crippen molar-refractivity contribution in [2.75, 3.05) is 21.3 Å². The fraction of sp³-hybridized carbons (Fsp3) is 0.400. The summed E-state index contributed by atoms with van der Waals surface area (Å²) >= 11 is 0. The van der Waals surface area contributed by atoms with Crippen LogP contribution in [0.3, 0.4) is 0 Å². The molecule has 0 amide bonds. The van der Waals surface area contributed by atoms with Crippen molar-refractivity contribution in [3.8, 4) is 11.5 Å². The Labute approximate surface area is 82.8 Å². The zero-order valence-corrected chi connectivity index (χ0v) is 8.56. The van der Waals surface area contributed by atoms with Gasteiger partial charge >= 0.3 is 0 Å². The molecule has 14 heavy (non-hydrogen) atoms. The van der Waals surface area contributed by atoms with E-state index in [9.17, 15) is 4.39 Å². The summed E-state index contributed by atoms with van der Waals surface area (Å²) < 4.78 is 23.2. The minimum atomic E-state index is -0.376. The standard InChI is InChI=1S/C10H14FNO2/c1-12-6-7-4-8(11)10(14-3)5-9(7)13-2/h4-5,12H,6H2,1-3H3. The fourth-order valence-electron chi connectivity index (χ4n) is 1.25. The highest BCUT2D eigenvalue weighted by atomic mass is 19.1. The summed E-state index contributed by atoms with van der Waals surface area (Å²) in [5.74, 6) is 0.442. The van der Waals surface area contributed by atoms with Gasteiger partial charge in [-0.25, -0.2) is 4.39 Å². The maximum absolute atomic E-state index is 13.3. The van der Waals surface area contributed by atoms with Crippen molar-refractivity contribution in [2.24, 2.45) is 0 Å². The molecular weight excluding hydrogens is 185 g/mol. The van der Waals surface area contributed by atoms with E-state index in [-0.39, 0.29) is 11.6 Å². The van der Waals surface area contributed by atoms with E-state index in [1.165, 1.54) is 13.2 Å². The molecule has 0 aromatic heterocycles. The van der Waals surface area contributed by atoms with E-state index in [1.807, 2.05) is 0 Å². The van der Waals surface area contributed by atoms with Crippen LogP contribution in [-0.4, -0.2) is 21.3 Å². The van der Waals surface area contributed by atoms with Crippen molar-refractivity contribution >= 4 is 0 Å². The first-order chi connectivity index (χ1) is 6.72. The number of rotatable bonds is 4. The topological polar surface area (TPSA) is 30.5 Å². The van der Waals surface area contributed by atoms with Gasteiger partial charge in [-0.1, -0.05) is 0 Å². The second kappa shape index (κ2) is 4.81. The van der Waals surface area contributed by atoms with Crippen LogP contribution in [0.2, 0.25) is 0 Å². The molecule has 0 aliphatic rings. The molecular formula is C10H14FNO2. The van der Waals surface area contributed by atoms with E-state index >= 15 is 0 Å².